The molecule has 0 aliphatic carbocycles. The lowest BCUT2D eigenvalue weighted by Gasteiger charge is -2.20. The van der Waals surface area contributed by atoms with Crippen LogP contribution in [0.15, 0.2) is 23.1 Å². The summed E-state index contributed by atoms with van der Waals surface area (Å²) >= 11 is 0. The molecule has 1 aromatic carbocycles. The fourth-order valence-corrected chi connectivity index (χ4v) is 4.36. The number of sulfonamides is 1. The lowest BCUT2D eigenvalue weighted by Crippen LogP contribution is -2.30. The first-order chi connectivity index (χ1) is 9.76. The maximum Gasteiger partial charge on any atom is 0.243 e. The van der Waals surface area contributed by atoms with Gasteiger partial charge in [-0.2, -0.15) is 4.31 Å². The van der Waals surface area contributed by atoms with Crippen LogP contribution >= 0.6 is 0 Å². The number of nitrogens with one attached hydrogen (secondary N) is 1. The monoisotopic (exact) mass is 310 g/mol. The minimum atomic E-state index is -3.37. The van der Waals surface area contributed by atoms with Crippen molar-refractivity contribution in [3.63, 3.8) is 0 Å². The predicted molar refractivity (Wildman–Crippen MR) is 85.7 cm³/mol. The molecule has 1 saturated heterocycles. The van der Waals surface area contributed by atoms with Crippen LogP contribution in [0.1, 0.15) is 38.3 Å². The minimum Gasteiger partial charge on any atom is -0.313 e. The molecule has 0 unspecified atom stereocenters. The number of hydrogen-bond donors (Lipinski definition) is 1. The molecule has 0 amide bonds. The average molecular weight is 310 g/mol. The first-order valence-electron chi connectivity index (χ1n) is 7.57. The van der Waals surface area contributed by atoms with Crippen LogP contribution in [0.5, 0.6) is 0 Å². The van der Waals surface area contributed by atoms with E-state index in [1.807, 2.05) is 26.0 Å². The van der Waals surface area contributed by atoms with E-state index in [2.05, 4.69) is 19.2 Å². The summed E-state index contributed by atoms with van der Waals surface area (Å²) < 4.78 is 27.1. The first kappa shape index (κ1) is 16.5. The molecule has 1 aliphatic rings. The van der Waals surface area contributed by atoms with Crippen LogP contribution in [0, 0.1) is 12.3 Å². The van der Waals surface area contributed by atoms with Gasteiger partial charge in [0.15, 0.2) is 0 Å². The Morgan fingerprint density at radius 3 is 2.62 bits per heavy atom. The third-order valence-corrected chi connectivity index (χ3v) is 6.01. The second kappa shape index (κ2) is 6.07. The number of aryl methyl sites for hydroxylation is 1. The zero-order valence-corrected chi connectivity index (χ0v) is 14.3. The summed E-state index contributed by atoms with van der Waals surface area (Å²) in [5.74, 6) is 0. The Morgan fingerprint density at radius 2 is 2.05 bits per heavy atom. The molecule has 1 aliphatic heterocycles. The van der Waals surface area contributed by atoms with Crippen molar-refractivity contribution in [2.24, 2.45) is 5.41 Å². The fraction of sp³-hybridized carbons (Fsp3) is 0.625. The van der Waals surface area contributed by atoms with Crippen LogP contribution in [-0.2, 0) is 16.6 Å². The highest BCUT2D eigenvalue weighted by atomic mass is 32.2. The van der Waals surface area contributed by atoms with Crippen molar-refractivity contribution >= 4 is 10.0 Å². The molecule has 1 fully saturated rings. The van der Waals surface area contributed by atoms with Gasteiger partial charge in [-0.3, -0.25) is 0 Å². The molecule has 2 rings (SSSR count). The zero-order valence-electron chi connectivity index (χ0n) is 13.4. The molecule has 1 aromatic rings. The van der Waals surface area contributed by atoms with Crippen LogP contribution in [0.2, 0.25) is 0 Å². The van der Waals surface area contributed by atoms with Crippen LogP contribution in [0.25, 0.3) is 0 Å². The summed E-state index contributed by atoms with van der Waals surface area (Å²) in [6, 6.07) is 5.45. The molecule has 5 heteroatoms. The van der Waals surface area contributed by atoms with Crippen molar-refractivity contribution in [2.45, 2.75) is 45.6 Å². The molecule has 4 nitrogen and oxygen atoms in total. The molecule has 21 heavy (non-hydrogen) atoms. The van der Waals surface area contributed by atoms with E-state index >= 15 is 0 Å². The minimum absolute atomic E-state index is 0.0738. The molecule has 0 aromatic heterocycles. The van der Waals surface area contributed by atoms with Gasteiger partial charge in [-0.25, -0.2) is 8.42 Å². The Bertz CT molecular complexity index is 609. The van der Waals surface area contributed by atoms with E-state index in [0.29, 0.717) is 24.5 Å². The fourth-order valence-electron chi connectivity index (χ4n) is 2.68. The van der Waals surface area contributed by atoms with Crippen molar-refractivity contribution in [3.05, 3.63) is 29.3 Å². The Kier molecular flexibility index (Phi) is 4.76. The molecular formula is C16H26N2O2S. The second-order valence-electron chi connectivity index (χ2n) is 6.62. The molecule has 0 spiro atoms. The summed E-state index contributed by atoms with van der Waals surface area (Å²) in [5.41, 5.74) is 2.25. The zero-order chi connectivity index (χ0) is 15.7. The van der Waals surface area contributed by atoms with Crippen LogP contribution in [-0.4, -0.2) is 32.4 Å². The van der Waals surface area contributed by atoms with Gasteiger partial charge in [0, 0.05) is 19.6 Å². The molecule has 0 radical (unpaired) electrons. The highest BCUT2D eigenvalue weighted by Crippen LogP contribution is 2.33. The topological polar surface area (TPSA) is 49.4 Å². The van der Waals surface area contributed by atoms with E-state index in [1.165, 1.54) is 0 Å². The first-order valence-corrected chi connectivity index (χ1v) is 9.01. The Morgan fingerprint density at radius 1 is 1.33 bits per heavy atom. The van der Waals surface area contributed by atoms with Gasteiger partial charge in [0.1, 0.15) is 0 Å². The summed E-state index contributed by atoms with van der Waals surface area (Å²) in [7, 11) is -3.37. The van der Waals surface area contributed by atoms with Crippen LogP contribution in [0.4, 0.5) is 0 Å². The highest BCUT2D eigenvalue weighted by Gasteiger charge is 2.36. The van der Waals surface area contributed by atoms with Crippen LogP contribution in [0.3, 0.4) is 0 Å². The molecule has 0 bridgehead atoms. The second-order valence-corrected chi connectivity index (χ2v) is 8.56. The van der Waals surface area contributed by atoms with Gasteiger partial charge in [-0.1, -0.05) is 26.8 Å². The summed E-state index contributed by atoms with van der Waals surface area (Å²) in [5, 5.41) is 3.26. The maximum atomic E-state index is 12.8. The smallest absolute Gasteiger partial charge is 0.243 e. The number of benzene rings is 1. The van der Waals surface area contributed by atoms with Gasteiger partial charge in [0.25, 0.3) is 0 Å². The highest BCUT2D eigenvalue weighted by molar-refractivity contribution is 7.89. The number of rotatable bonds is 5. The Balaban J connectivity index is 2.28. The van der Waals surface area contributed by atoms with Gasteiger partial charge in [0.2, 0.25) is 10.0 Å². The van der Waals surface area contributed by atoms with Crippen molar-refractivity contribution in [3.8, 4) is 0 Å². The summed E-state index contributed by atoms with van der Waals surface area (Å²) in [6.07, 6.45) is 0.919. The van der Waals surface area contributed by atoms with Gasteiger partial charge >= 0.3 is 0 Å². The van der Waals surface area contributed by atoms with E-state index < -0.39 is 10.0 Å². The SMILES string of the molecule is CCNCc1cc(S(=O)(=O)N2CCC(C)(C)C2)ccc1C. The van der Waals surface area contributed by atoms with E-state index in [4.69, 9.17) is 0 Å². The third-order valence-electron chi connectivity index (χ3n) is 4.17. The lowest BCUT2D eigenvalue weighted by molar-refractivity contribution is 0.375. The molecule has 1 heterocycles. The molecule has 0 saturated carbocycles. The average Bonchev–Trinajstić information content (AvgIpc) is 2.78. The quantitative estimate of drug-likeness (QED) is 0.909. The van der Waals surface area contributed by atoms with Gasteiger partial charge in [-0.05, 0) is 48.6 Å². The van der Waals surface area contributed by atoms with Crippen molar-refractivity contribution in [2.75, 3.05) is 19.6 Å². The van der Waals surface area contributed by atoms with Crippen molar-refractivity contribution in [1.29, 1.82) is 0 Å². The summed E-state index contributed by atoms with van der Waals surface area (Å²) in [6.45, 7) is 11.1. The molecule has 0 atom stereocenters. The van der Waals surface area contributed by atoms with E-state index in [0.717, 1.165) is 24.1 Å². The lowest BCUT2D eigenvalue weighted by atomic mass is 9.93. The largest absolute Gasteiger partial charge is 0.313 e. The molecule has 118 valence electrons. The standard InChI is InChI=1S/C16H26N2O2S/c1-5-17-11-14-10-15(7-6-13(14)2)21(19,20)18-9-8-16(3,4)12-18/h6-7,10,17H,5,8-9,11-12H2,1-4H3. The Labute approximate surface area is 128 Å². The Hall–Kier alpha value is -0.910. The summed E-state index contributed by atoms with van der Waals surface area (Å²) in [4.78, 5) is 0.415. The van der Waals surface area contributed by atoms with E-state index in [1.54, 1.807) is 10.4 Å². The van der Waals surface area contributed by atoms with Gasteiger partial charge in [-0.15, -0.1) is 0 Å². The van der Waals surface area contributed by atoms with Crippen LogP contribution < -0.4 is 5.32 Å². The van der Waals surface area contributed by atoms with E-state index in [9.17, 15) is 8.42 Å². The normalized spacial score (nSPS) is 19.0. The van der Waals surface area contributed by atoms with Crippen molar-refractivity contribution in [1.82, 2.24) is 9.62 Å². The maximum absolute atomic E-state index is 12.8. The van der Waals surface area contributed by atoms with Crippen molar-refractivity contribution < 1.29 is 8.42 Å². The third kappa shape index (κ3) is 3.65. The molecular weight excluding hydrogens is 284 g/mol. The molecule has 1 N–H and O–H groups in total. The van der Waals surface area contributed by atoms with Gasteiger partial charge < -0.3 is 5.32 Å². The number of hydrogen-bond acceptors (Lipinski definition) is 3. The number of nitrogens with zero attached hydrogens (tertiary/aromatic N) is 1. The van der Waals surface area contributed by atoms with E-state index in [-0.39, 0.29) is 5.41 Å². The van der Waals surface area contributed by atoms with Gasteiger partial charge in [0.05, 0.1) is 4.90 Å². The predicted octanol–water partition coefficient (Wildman–Crippen LogP) is 2.53.